The van der Waals surface area contributed by atoms with Gasteiger partial charge in [-0.1, -0.05) is 17.3 Å². The van der Waals surface area contributed by atoms with Crippen LogP contribution >= 0.6 is 11.3 Å². The van der Waals surface area contributed by atoms with E-state index in [0.29, 0.717) is 17.5 Å². The molecule has 0 unspecified atom stereocenters. The number of halogens is 4. The predicted molar refractivity (Wildman–Crippen MR) is 107 cm³/mol. The topological polar surface area (TPSA) is 72.7 Å². The summed E-state index contributed by atoms with van der Waals surface area (Å²) in [5.74, 6) is -1.59. The highest BCUT2D eigenvalue weighted by Gasteiger charge is 2.41. The average molecular weight is 449 g/mol. The number of hydrogen-bond acceptors (Lipinski definition) is 5. The Labute approximate surface area is 177 Å². The van der Waals surface area contributed by atoms with Gasteiger partial charge in [0.15, 0.2) is 11.4 Å². The molecule has 0 atom stereocenters. The van der Waals surface area contributed by atoms with Crippen LogP contribution in [0.5, 0.6) is 0 Å². The smallest absolute Gasteiger partial charge is 0.351 e. The van der Waals surface area contributed by atoms with Gasteiger partial charge in [-0.05, 0) is 42.8 Å². The molecule has 0 spiro atoms. The second-order valence-electron chi connectivity index (χ2n) is 6.61. The monoisotopic (exact) mass is 449 g/mol. The van der Waals surface area contributed by atoms with E-state index in [9.17, 15) is 22.4 Å². The summed E-state index contributed by atoms with van der Waals surface area (Å²) in [5.41, 5.74) is -1.32. The Morgan fingerprint density at radius 2 is 1.84 bits per heavy atom. The van der Waals surface area contributed by atoms with Crippen LogP contribution in [0.1, 0.15) is 27.6 Å². The highest BCUT2D eigenvalue weighted by molar-refractivity contribution is 7.18. The summed E-state index contributed by atoms with van der Waals surface area (Å²) in [6.07, 6.45) is -3.81. The van der Waals surface area contributed by atoms with Crippen molar-refractivity contribution in [2.24, 2.45) is 0 Å². The van der Waals surface area contributed by atoms with E-state index in [4.69, 9.17) is 0 Å². The number of rotatable bonds is 6. The van der Waals surface area contributed by atoms with Crippen LogP contribution in [0.4, 0.5) is 17.6 Å². The van der Waals surface area contributed by atoms with Gasteiger partial charge < -0.3 is 5.32 Å². The summed E-state index contributed by atoms with van der Waals surface area (Å²) in [4.78, 5) is 16.8. The molecule has 0 aliphatic carbocycles. The highest BCUT2D eigenvalue weighted by atomic mass is 32.1. The van der Waals surface area contributed by atoms with E-state index in [1.807, 2.05) is 24.3 Å². The molecular weight excluding hydrogens is 434 g/mol. The van der Waals surface area contributed by atoms with Crippen LogP contribution in [0.2, 0.25) is 0 Å². The van der Waals surface area contributed by atoms with Crippen molar-refractivity contribution in [3.63, 3.8) is 0 Å². The summed E-state index contributed by atoms with van der Waals surface area (Å²) in [6.45, 7) is 0.148. The number of thiazole rings is 1. The molecule has 0 radical (unpaired) electrons. The fourth-order valence-electron chi connectivity index (χ4n) is 3.00. The normalized spacial score (nSPS) is 11.7. The Morgan fingerprint density at radius 1 is 1.10 bits per heavy atom. The molecule has 1 amide bonds. The molecule has 0 saturated carbocycles. The minimum Gasteiger partial charge on any atom is -0.351 e. The van der Waals surface area contributed by atoms with Gasteiger partial charge in [-0.3, -0.25) is 4.79 Å². The zero-order valence-corrected chi connectivity index (χ0v) is 16.7. The summed E-state index contributed by atoms with van der Waals surface area (Å²) in [5, 5.41) is 10.2. The van der Waals surface area contributed by atoms with Gasteiger partial charge in [0, 0.05) is 13.0 Å². The van der Waals surface area contributed by atoms with Crippen molar-refractivity contribution in [1.29, 1.82) is 0 Å². The quantitative estimate of drug-likeness (QED) is 0.350. The molecule has 0 aliphatic heterocycles. The molecule has 160 valence electrons. The van der Waals surface area contributed by atoms with Crippen molar-refractivity contribution in [2.75, 3.05) is 6.54 Å². The number of para-hydroxylation sites is 1. The van der Waals surface area contributed by atoms with Crippen LogP contribution in [0.25, 0.3) is 15.9 Å². The molecule has 4 aromatic rings. The van der Waals surface area contributed by atoms with Crippen LogP contribution in [0.3, 0.4) is 0 Å². The van der Waals surface area contributed by atoms with Crippen molar-refractivity contribution in [2.45, 2.75) is 19.0 Å². The third-order valence-electron chi connectivity index (χ3n) is 4.42. The van der Waals surface area contributed by atoms with E-state index < -0.39 is 29.3 Å². The molecule has 4 rings (SSSR count). The maximum atomic E-state index is 13.6. The van der Waals surface area contributed by atoms with E-state index in [1.165, 1.54) is 11.3 Å². The molecule has 31 heavy (non-hydrogen) atoms. The molecule has 2 aromatic carbocycles. The fraction of sp³-hybridized carbons (Fsp3) is 0.200. The summed E-state index contributed by atoms with van der Waals surface area (Å²) >= 11 is 1.54. The SMILES string of the molecule is O=C(NCCCc1nc2ccccc2s1)c1nnn(-c2ccc(F)cc2)c1C(F)(F)F. The maximum absolute atomic E-state index is 13.6. The first-order valence-electron chi connectivity index (χ1n) is 9.24. The number of hydrogen-bond donors (Lipinski definition) is 1. The summed E-state index contributed by atoms with van der Waals surface area (Å²) in [7, 11) is 0. The van der Waals surface area contributed by atoms with Gasteiger partial charge in [0.1, 0.15) is 5.82 Å². The first-order valence-corrected chi connectivity index (χ1v) is 10.1. The molecule has 0 saturated heterocycles. The van der Waals surface area contributed by atoms with Crippen molar-refractivity contribution < 1.29 is 22.4 Å². The zero-order chi connectivity index (χ0) is 22.0. The van der Waals surface area contributed by atoms with E-state index >= 15 is 0 Å². The number of carbonyl (C=O) groups is 1. The van der Waals surface area contributed by atoms with Gasteiger partial charge in [0.25, 0.3) is 5.91 Å². The van der Waals surface area contributed by atoms with Gasteiger partial charge in [0.2, 0.25) is 0 Å². The maximum Gasteiger partial charge on any atom is 0.435 e. The van der Waals surface area contributed by atoms with Gasteiger partial charge in [0.05, 0.1) is 20.9 Å². The lowest BCUT2D eigenvalue weighted by molar-refractivity contribution is -0.143. The third kappa shape index (κ3) is 4.55. The van der Waals surface area contributed by atoms with Crippen molar-refractivity contribution in [3.05, 3.63) is 70.7 Å². The van der Waals surface area contributed by atoms with Crippen LogP contribution in [-0.4, -0.2) is 32.4 Å². The van der Waals surface area contributed by atoms with Crippen LogP contribution in [0, 0.1) is 5.82 Å². The molecule has 1 N–H and O–H groups in total. The van der Waals surface area contributed by atoms with Crippen LogP contribution in [-0.2, 0) is 12.6 Å². The van der Waals surface area contributed by atoms with E-state index in [2.05, 4.69) is 20.6 Å². The number of alkyl halides is 3. The number of amides is 1. The molecule has 0 fully saturated rings. The molecule has 6 nitrogen and oxygen atoms in total. The van der Waals surface area contributed by atoms with E-state index in [1.54, 1.807) is 0 Å². The van der Waals surface area contributed by atoms with Crippen molar-refractivity contribution in [1.82, 2.24) is 25.3 Å². The van der Waals surface area contributed by atoms with Gasteiger partial charge in [-0.15, -0.1) is 16.4 Å². The molecule has 2 aromatic heterocycles. The Morgan fingerprint density at radius 3 is 2.55 bits per heavy atom. The Balaban J connectivity index is 1.44. The molecular formula is C20H15F4N5OS. The second kappa shape index (κ2) is 8.42. The highest BCUT2D eigenvalue weighted by Crippen LogP contribution is 2.32. The zero-order valence-electron chi connectivity index (χ0n) is 15.9. The third-order valence-corrected chi connectivity index (χ3v) is 5.51. The second-order valence-corrected chi connectivity index (χ2v) is 7.72. The lowest BCUT2D eigenvalue weighted by atomic mass is 10.2. The lowest BCUT2D eigenvalue weighted by Crippen LogP contribution is -2.28. The first-order chi connectivity index (χ1) is 14.8. The van der Waals surface area contributed by atoms with Crippen LogP contribution < -0.4 is 5.32 Å². The lowest BCUT2D eigenvalue weighted by Gasteiger charge is -2.11. The van der Waals surface area contributed by atoms with Gasteiger partial charge in [-0.25, -0.2) is 14.1 Å². The molecule has 11 heteroatoms. The van der Waals surface area contributed by atoms with Crippen molar-refractivity contribution in [3.8, 4) is 5.69 Å². The van der Waals surface area contributed by atoms with Gasteiger partial charge in [-0.2, -0.15) is 13.2 Å². The average Bonchev–Trinajstić information content (AvgIpc) is 3.35. The predicted octanol–water partition coefficient (Wildman–Crippen LogP) is 4.40. The summed E-state index contributed by atoms with van der Waals surface area (Å²) in [6, 6.07) is 11.9. The number of aromatic nitrogens is 4. The largest absolute Gasteiger partial charge is 0.435 e. The number of nitrogens with one attached hydrogen (secondary N) is 1. The number of benzene rings is 2. The minimum absolute atomic E-state index is 0.0592. The summed E-state index contributed by atoms with van der Waals surface area (Å²) < 4.78 is 55.5. The number of carbonyl (C=O) groups excluding carboxylic acids is 1. The standard InChI is InChI=1S/C20H15F4N5OS/c21-12-7-9-13(10-8-12)29-18(20(22,23)24)17(27-28-29)19(30)25-11-3-6-16-26-14-4-1-2-5-15(14)31-16/h1-2,4-5,7-10H,3,6,11H2,(H,25,30). The number of nitrogens with zero attached hydrogens (tertiary/aromatic N) is 4. The minimum atomic E-state index is -4.88. The first kappa shape index (κ1) is 20.9. The Hall–Kier alpha value is -3.34. The number of fused-ring (bicyclic) bond motifs is 1. The van der Waals surface area contributed by atoms with Crippen LogP contribution in [0.15, 0.2) is 48.5 Å². The van der Waals surface area contributed by atoms with E-state index in [0.717, 1.165) is 39.5 Å². The van der Waals surface area contributed by atoms with Gasteiger partial charge >= 0.3 is 6.18 Å². The number of aryl methyl sites for hydroxylation is 1. The molecule has 0 bridgehead atoms. The molecule has 2 heterocycles. The van der Waals surface area contributed by atoms with Crippen molar-refractivity contribution >= 4 is 27.5 Å². The van der Waals surface area contributed by atoms with E-state index in [-0.39, 0.29) is 12.2 Å². The fourth-order valence-corrected chi connectivity index (χ4v) is 4.01. The Bertz CT molecular complexity index is 1180. The Kier molecular flexibility index (Phi) is 5.68. The molecule has 0 aliphatic rings.